The fraction of sp³-hybridized carbons (Fsp3) is 0.267. The Bertz CT molecular complexity index is 762. The van der Waals surface area contributed by atoms with Gasteiger partial charge in [-0.2, -0.15) is 5.10 Å². The zero-order chi connectivity index (χ0) is 18.1. The van der Waals surface area contributed by atoms with Crippen LogP contribution >= 0.6 is 11.3 Å². The van der Waals surface area contributed by atoms with Gasteiger partial charge >= 0.3 is 6.09 Å². The van der Waals surface area contributed by atoms with E-state index in [9.17, 15) is 9.59 Å². The first kappa shape index (κ1) is 18.3. The molecule has 0 saturated heterocycles. The predicted molar refractivity (Wildman–Crippen MR) is 93.0 cm³/mol. The Kier molecular flexibility index (Phi) is 6.84. The maximum absolute atomic E-state index is 11.9. The number of benzene rings is 1. The monoisotopic (exact) mass is 363 g/mol. The molecule has 0 atom stereocenters. The molecule has 0 bridgehead atoms. The summed E-state index contributed by atoms with van der Waals surface area (Å²) in [7, 11) is 1.56. The zero-order valence-corrected chi connectivity index (χ0v) is 14.5. The standard InChI is InChI=1S/C15H17N5O4S/c1-3-24-15(22)17-14-20-19-13(25-14)8-12(21)18-16-9-10-6-4-5-7-11(10)23-2/h4-7,9H,3,8H2,1-2H3,(H,18,21)(H,17,20,22)/b16-9-. The molecule has 0 fully saturated rings. The lowest BCUT2D eigenvalue weighted by molar-refractivity contribution is -0.120. The number of aromatic nitrogens is 2. The maximum Gasteiger partial charge on any atom is 0.413 e. The van der Waals surface area contributed by atoms with Crippen molar-refractivity contribution in [2.75, 3.05) is 19.0 Å². The number of nitrogens with one attached hydrogen (secondary N) is 2. The van der Waals surface area contributed by atoms with E-state index in [0.29, 0.717) is 10.8 Å². The highest BCUT2D eigenvalue weighted by Crippen LogP contribution is 2.16. The average Bonchev–Trinajstić information content (AvgIpc) is 3.02. The summed E-state index contributed by atoms with van der Waals surface area (Å²) < 4.78 is 9.92. The van der Waals surface area contributed by atoms with Gasteiger partial charge in [0.2, 0.25) is 11.0 Å². The van der Waals surface area contributed by atoms with Crippen molar-refractivity contribution < 1.29 is 19.1 Å². The first-order valence-corrected chi connectivity index (χ1v) is 8.15. The molecule has 10 heteroatoms. The number of carbonyl (C=O) groups is 2. The number of carbonyl (C=O) groups excluding carboxylic acids is 2. The average molecular weight is 363 g/mol. The summed E-state index contributed by atoms with van der Waals surface area (Å²) in [5.74, 6) is 0.296. The molecule has 132 valence electrons. The number of hydrogen-bond donors (Lipinski definition) is 2. The minimum atomic E-state index is -0.615. The van der Waals surface area contributed by atoms with Crippen LogP contribution in [-0.4, -0.2) is 42.1 Å². The van der Waals surface area contributed by atoms with Gasteiger partial charge in [0, 0.05) is 5.56 Å². The van der Waals surface area contributed by atoms with Crippen LogP contribution < -0.4 is 15.5 Å². The van der Waals surface area contributed by atoms with Crippen molar-refractivity contribution in [3.63, 3.8) is 0 Å². The van der Waals surface area contributed by atoms with Crippen LogP contribution in [0.1, 0.15) is 17.5 Å². The summed E-state index contributed by atoms with van der Waals surface area (Å²) in [5, 5.41) is 14.6. The Balaban J connectivity index is 1.85. The number of hydrogen-bond acceptors (Lipinski definition) is 8. The number of anilines is 1. The third-order valence-electron chi connectivity index (χ3n) is 2.79. The van der Waals surface area contributed by atoms with E-state index < -0.39 is 6.09 Å². The van der Waals surface area contributed by atoms with Crippen LogP contribution in [0.4, 0.5) is 9.93 Å². The van der Waals surface area contributed by atoms with Crippen LogP contribution in [0.25, 0.3) is 0 Å². The van der Waals surface area contributed by atoms with Gasteiger partial charge in [0.1, 0.15) is 10.8 Å². The highest BCUT2D eigenvalue weighted by atomic mass is 32.1. The van der Waals surface area contributed by atoms with Crippen LogP contribution in [0.15, 0.2) is 29.4 Å². The maximum atomic E-state index is 11.9. The molecule has 0 aliphatic carbocycles. The van der Waals surface area contributed by atoms with E-state index in [4.69, 9.17) is 9.47 Å². The lowest BCUT2D eigenvalue weighted by Crippen LogP contribution is -2.19. The van der Waals surface area contributed by atoms with E-state index in [0.717, 1.165) is 16.9 Å². The molecule has 0 aliphatic rings. The SMILES string of the molecule is CCOC(=O)Nc1nnc(CC(=O)N/N=C\c2ccccc2OC)s1. The molecule has 1 aromatic heterocycles. The summed E-state index contributed by atoms with van der Waals surface area (Å²) in [4.78, 5) is 23.1. The lowest BCUT2D eigenvalue weighted by atomic mass is 10.2. The molecule has 1 aromatic carbocycles. The summed E-state index contributed by atoms with van der Waals surface area (Å²) in [6.45, 7) is 1.95. The van der Waals surface area contributed by atoms with Crippen LogP contribution in [0.2, 0.25) is 0 Å². The van der Waals surface area contributed by atoms with Gasteiger partial charge in [-0.1, -0.05) is 23.5 Å². The topological polar surface area (TPSA) is 115 Å². The third kappa shape index (κ3) is 5.84. The number of hydrazone groups is 1. The van der Waals surface area contributed by atoms with Gasteiger partial charge in [-0.15, -0.1) is 10.2 Å². The Labute approximate surface area is 148 Å². The molecule has 2 N–H and O–H groups in total. The molecule has 2 aromatic rings. The van der Waals surface area contributed by atoms with E-state index in [2.05, 4.69) is 26.0 Å². The summed E-state index contributed by atoms with van der Waals surface area (Å²) in [5.41, 5.74) is 3.14. The molecule has 0 saturated carbocycles. The van der Waals surface area contributed by atoms with Gasteiger partial charge in [0.05, 0.1) is 26.4 Å². The molecule has 9 nitrogen and oxygen atoms in total. The Hall–Kier alpha value is -3.01. The van der Waals surface area contributed by atoms with Crippen LogP contribution in [0.3, 0.4) is 0 Å². The molecule has 0 radical (unpaired) electrons. The summed E-state index contributed by atoms with van der Waals surface area (Å²) in [6, 6.07) is 7.28. The Morgan fingerprint density at radius 2 is 2.12 bits per heavy atom. The van der Waals surface area contributed by atoms with Crippen LogP contribution in [-0.2, 0) is 16.0 Å². The highest BCUT2D eigenvalue weighted by molar-refractivity contribution is 7.15. The van der Waals surface area contributed by atoms with E-state index >= 15 is 0 Å². The van der Waals surface area contributed by atoms with E-state index in [-0.39, 0.29) is 24.1 Å². The number of nitrogens with zero attached hydrogens (tertiary/aromatic N) is 3. The number of amides is 2. The molecule has 2 rings (SSSR count). The van der Waals surface area contributed by atoms with Crippen molar-refractivity contribution in [3.8, 4) is 5.75 Å². The summed E-state index contributed by atoms with van der Waals surface area (Å²) in [6.07, 6.45) is 0.867. The van der Waals surface area contributed by atoms with Crippen molar-refractivity contribution in [2.45, 2.75) is 13.3 Å². The second kappa shape index (κ2) is 9.33. The molecule has 25 heavy (non-hydrogen) atoms. The van der Waals surface area contributed by atoms with E-state index in [1.54, 1.807) is 20.1 Å². The number of rotatable bonds is 7. The van der Waals surface area contributed by atoms with Gasteiger partial charge < -0.3 is 9.47 Å². The van der Waals surface area contributed by atoms with Gasteiger partial charge in [0.25, 0.3) is 0 Å². The molecule has 0 aliphatic heterocycles. The Morgan fingerprint density at radius 3 is 2.88 bits per heavy atom. The Morgan fingerprint density at radius 1 is 1.32 bits per heavy atom. The van der Waals surface area contributed by atoms with Crippen molar-refractivity contribution in [1.29, 1.82) is 0 Å². The van der Waals surface area contributed by atoms with E-state index in [1.807, 2.05) is 18.2 Å². The van der Waals surface area contributed by atoms with Gasteiger partial charge in [-0.3, -0.25) is 10.1 Å². The number of methoxy groups -OCH3 is 1. The molecule has 2 amide bonds. The first-order chi connectivity index (χ1) is 12.1. The molecular weight excluding hydrogens is 346 g/mol. The van der Waals surface area contributed by atoms with Gasteiger partial charge in [-0.05, 0) is 19.1 Å². The quantitative estimate of drug-likeness (QED) is 0.573. The van der Waals surface area contributed by atoms with E-state index in [1.165, 1.54) is 6.21 Å². The molecule has 0 spiro atoms. The predicted octanol–water partition coefficient (Wildman–Crippen LogP) is 1.81. The van der Waals surface area contributed by atoms with Gasteiger partial charge in [0.15, 0.2) is 0 Å². The minimum absolute atomic E-state index is 0.00850. The molecule has 0 unspecified atom stereocenters. The van der Waals surface area contributed by atoms with Crippen molar-refractivity contribution in [3.05, 3.63) is 34.8 Å². The fourth-order valence-electron chi connectivity index (χ4n) is 1.75. The van der Waals surface area contributed by atoms with Crippen LogP contribution in [0.5, 0.6) is 5.75 Å². The van der Waals surface area contributed by atoms with Crippen molar-refractivity contribution in [1.82, 2.24) is 15.6 Å². The first-order valence-electron chi connectivity index (χ1n) is 7.33. The smallest absolute Gasteiger partial charge is 0.413 e. The van der Waals surface area contributed by atoms with Gasteiger partial charge in [-0.25, -0.2) is 10.2 Å². The normalized spacial score (nSPS) is 10.5. The minimum Gasteiger partial charge on any atom is -0.496 e. The van der Waals surface area contributed by atoms with Crippen molar-refractivity contribution in [2.24, 2.45) is 5.10 Å². The lowest BCUT2D eigenvalue weighted by Gasteiger charge is -2.02. The second-order valence-corrected chi connectivity index (χ2v) is 5.62. The van der Waals surface area contributed by atoms with Crippen LogP contribution in [0, 0.1) is 0 Å². The molecular formula is C15H17N5O4S. The fourth-order valence-corrected chi connectivity index (χ4v) is 2.48. The summed E-state index contributed by atoms with van der Waals surface area (Å²) >= 11 is 1.08. The largest absolute Gasteiger partial charge is 0.496 e. The number of ether oxygens (including phenoxy) is 2. The highest BCUT2D eigenvalue weighted by Gasteiger charge is 2.11. The second-order valence-electron chi connectivity index (χ2n) is 4.56. The van der Waals surface area contributed by atoms with Crippen molar-refractivity contribution >= 4 is 34.7 Å². The number of para-hydroxylation sites is 1. The zero-order valence-electron chi connectivity index (χ0n) is 13.7. The molecule has 1 heterocycles. The third-order valence-corrected chi connectivity index (χ3v) is 3.63.